The Labute approximate surface area is 187 Å². The van der Waals surface area contributed by atoms with E-state index >= 15 is 0 Å². The molecule has 0 aliphatic heterocycles. The molecule has 0 aliphatic carbocycles. The smallest absolute Gasteiger partial charge is 0.214 e. The third-order valence-electron chi connectivity index (χ3n) is 4.59. The molecule has 3 aromatic heterocycles. The molecule has 4 rings (SSSR count). The number of nitrogens with zero attached hydrogens (tertiary/aromatic N) is 4. The van der Waals surface area contributed by atoms with Crippen molar-refractivity contribution in [1.82, 2.24) is 15.0 Å². The lowest BCUT2D eigenvalue weighted by molar-refractivity contribution is -0.107. The van der Waals surface area contributed by atoms with Gasteiger partial charge in [0.05, 0.1) is 33.5 Å². The summed E-state index contributed by atoms with van der Waals surface area (Å²) < 4.78 is 14.2. The van der Waals surface area contributed by atoms with Crippen LogP contribution in [0.5, 0.6) is 0 Å². The van der Waals surface area contributed by atoms with E-state index in [4.69, 9.17) is 0 Å². The fourth-order valence-electron chi connectivity index (χ4n) is 3.13. The number of rotatable bonds is 7. The Balaban J connectivity index is 1.45. The van der Waals surface area contributed by atoms with Crippen LogP contribution in [-0.4, -0.2) is 21.4 Å². The van der Waals surface area contributed by atoms with Crippen molar-refractivity contribution in [1.29, 1.82) is 0 Å². The number of benzene rings is 1. The SMILES string of the molecule is Cc1ccc(N(C=O)Cc2ccc(Nc3nc(-c4sc(C)nc4C)cs3)nc2)c(F)c1. The van der Waals surface area contributed by atoms with E-state index in [0.717, 1.165) is 37.5 Å². The van der Waals surface area contributed by atoms with Crippen LogP contribution < -0.4 is 10.2 Å². The van der Waals surface area contributed by atoms with Crippen LogP contribution in [0.4, 0.5) is 21.0 Å². The quantitative estimate of drug-likeness (QED) is 0.367. The summed E-state index contributed by atoms with van der Waals surface area (Å²) in [4.78, 5) is 27.4. The fraction of sp³-hybridized carbons (Fsp3) is 0.182. The van der Waals surface area contributed by atoms with Crippen LogP contribution in [0.25, 0.3) is 10.6 Å². The zero-order chi connectivity index (χ0) is 22.0. The van der Waals surface area contributed by atoms with Crippen molar-refractivity contribution in [3.05, 3.63) is 69.6 Å². The molecule has 1 aromatic carbocycles. The largest absolute Gasteiger partial charge is 0.316 e. The Morgan fingerprint density at radius 1 is 1.16 bits per heavy atom. The molecular formula is C22H20FN5OS2. The van der Waals surface area contributed by atoms with Crippen molar-refractivity contribution in [2.24, 2.45) is 0 Å². The normalized spacial score (nSPS) is 10.8. The average molecular weight is 454 g/mol. The Bertz CT molecular complexity index is 1220. The second-order valence-corrected chi connectivity index (χ2v) is 9.11. The first-order valence-electron chi connectivity index (χ1n) is 9.53. The maximum Gasteiger partial charge on any atom is 0.214 e. The summed E-state index contributed by atoms with van der Waals surface area (Å²) in [5, 5.41) is 6.94. The van der Waals surface area contributed by atoms with Crippen LogP contribution in [0.3, 0.4) is 0 Å². The van der Waals surface area contributed by atoms with Gasteiger partial charge < -0.3 is 10.2 Å². The first kappa shape index (κ1) is 21.1. The summed E-state index contributed by atoms with van der Waals surface area (Å²) >= 11 is 3.12. The number of thiazole rings is 2. The number of hydrogen-bond donors (Lipinski definition) is 1. The fourth-order valence-corrected chi connectivity index (χ4v) is 4.79. The summed E-state index contributed by atoms with van der Waals surface area (Å²) in [7, 11) is 0. The number of carbonyl (C=O) groups is 1. The van der Waals surface area contributed by atoms with Crippen LogP contribution >= 0.6 is 22.7 Å². The minimum atomic E-state index is -0.427. The van der Waals surface area contributed by atoms with Crippen LogP contribution in [0.1, 0.15) is 21.8 Å². The van der Waals surface area contributed by atoms with E-state index in [1.807, 2.05) is 31.4 Å². The summed E-state index contributed by atoms with van der Waals surface area (Å²) in [6.45, 7) is 5.99. The topological polar surface area (TPSA) is 71.0 Å². The number of anilines is 3. The van der Waals surface area contributed by atoms with Gasteiger partial charge in [-0.1, -0.05) is 12.1 Å². The lowest BCUT2D eigenvalue weighted by Gasteiger charge is -2.18. The van der Waals surface area contributed by atoms with E-state index in [0.29, 0.717) is 12.2 Å². The molecule has 1 N–H and O–H groups in total. The Morgan fingerprint density at radius 2 is 2.00 bits per heavy atom. The van der Waals surface area contributed by atoms with Crippen LogP contribution in [0.2, 0.25) is 0 Å². The number of aryl methyl sites for hydroxylation is 3. The summed E-state index contributed by atoms with van der Waals surface area (Å²) in [6.07, 6.45) is 2.29. The maximum atomic E-state index is 14.2. The zero-order valence-electron chi connectivity index (χ0n) is 17.2. The van der Waals surface area contributed by atoms with Gasteiger partial charge in [-0.3, -0.25) is 4.79 Å². The average Bonchev–Trinajstić information content (AvgIpc) is 3.33. The van der Waals surface area contributed by atoms with Gasteiger partial charge in [0.1, 0.15) is 11.6 Å². The van der Waals surface area contributed by atoms with Crippen molar-refractivity contribution in [3.8, 4) is 10.6 Å². The molecule has 0 saturated heterocycles. The van der Waals surface area contributed by atoms with E-state index in [1.54, 1.807) is 36.6 Å². The molecule has 0 atom stereocenters. The van der Waals surface area contributed by atoms with Crippen LogP contribution in [-0.2, 0) is 11.3 Å². The lowest BCUT2D eigenvalue weighted by atomic mass is 10.2. The van der Waals surface area contributed by atoms with Gasteiger partial charge in [-0.05, 0) is 50.1 Å². The summed E-state index contributed by atoms with van der Waals surface area (Å²) in [5.41, 5.74) is 3.70. The molecular weight excluding hydrogens is 433 g/mol. The number of carbonyl (C=O) groups excluding carboxylic acids is 1. The summed E-state index contributed by atoms with van der Waals surface area (Å²) in [6, 6.07) is 8.46. The number of hydrogen-bond acceptors (Lipinski definition) is 7. The van der Waals surface area contributed by atoms with Gasteiger partial charge in [0.25, 0.3) is 0 Å². The second kappa shape index (κ2) is 8.91. The summed E-state index contributed by atoms with van der Waals surface area (Å²) in [5.74, 6) is 0.213. The second-order valence-electron chi connectivity index (χ2n) is 7.05. The monoisotopic (exact) mass is 453 g/mol. The number of halogens is 1. The molecule has 0 aliphatic rings. The zero-order valence-corrected chi connectivity index (χ0v) is 18.9. The minimum Gasteiger partial charge on any atom is -0.316 e. The highest BCUT2D eigenvalue weighted by atomic mass is 32.1. The molecule has 0 saturated carbocycles. The minimum absolute atomic E-state index is 0.224. The molecule has 0 fully saturated rings. The third-order valence-corrected chi connectivity index (χ3v) is 6.45. The predicted molar refractivity (Wildman–Crippen MR) is 124 cm³/mol. The Hall–Kier alpha value is -3.17. The lowest BCUT2D eigenvalue weighted by Crippen LogP contribution is -2.21. The number of aromatic nitrogens is 3. The highest BCUT2D eigenvalue weighted by Gasteiger charge is 2.13. The van der Waals surface area contributed by atoms with Gasteiger partial charge in [-0.15, -0.1) is 22.7 Å². The molecule has 1 amide bonds. The number of amides is 1. The Kier molecular flexibility index (Phi) is 6.06. The van der Waals surface area contributed by atoms with Crippen LogP contribution in [0.15, 0.2) is 41.9 Å². The van der Waals surface area contributed by atoms with Gasteiger partial charge in [-0.25, -0.2) is 19.3 Å². The van der Waals surface area contributed by atoms with Crippen molar-refractivity contribution in [3.63, 3.8) is 0 Å². The molecule has 3 heterocycles. The van der Waals surface area contributed by atoms with E-state index in [1.165, 1.54) is 22.3 Å². The molecule has 0 radical (unpaired) electrons. The van der Waals surface area contributed by atoms with E-state index in [9.17, 15) is 9.18 Å². The molecule has 9 heteroatoms. The van der Waals surface area contributed by atoms with Gasteiger partial charge in [-0.2, -0.15) is 0 Å². The van der Waals surface area contributed by atoms with Gasteiger partial charge in [0.2, 0.25) is 6.41 Å². The third kappa shape index (κ3) is 4.78. The van der Waals surface area contributed by atoms with Gasteiger partial charge in [0.15, 0.2) is 5.13 Å². The van der Waals surface area contributed by atoms with Gasteiger partial charge in [0, 0.05) is 11.6 Å². The van der Waals surface area contributed by atoms with E-state index < -0.39 is 5.82 Å². The van der Waals surface area contributed by atoms with E-state index in [-0.39, 0.29) is 12.2 Å². The van der Waals surface area contributed by atoms with Crippen molar-refractivity contribution in [2.45, 2.75) is 27.3 Å². The van der Waals surface area contributed by atoms with Crippen molar-refractivity contribution >= 4 is 45.7 Å². The van der Waals surface area contributed by atoms with Crippen molar-refractivity contribution in [2.75, 3.05) is 10.2 Å². The number of pyridine rings is 1. The number of nitrogens with one attached hydrogen (secondary N) is 1. The predicted octanol–water partition coefficient (Wildman–Crippen LogP) is 5.63. The molecule has 0 unspecified atom stereocenters. The van der Waals surface area contributed by atoms with Crippen LogP contribution in [0, 0.1) is 26.6 Å². The van der Waals surface area contributed by atoms with Crippen molar-refractivity contribution < 1.29 is 9.18 Å². The molecule has 158 valence electrons. The first-order chi connectivity index (χ1) is 14.9. The molecule has 31 heavy (non-hydrogen) atoms. The first-order valence-corrected chi connectivity index (χ1v) is 11.2. The van der Waals surface area contributed by atoms with E-state index in [2.05, 4.69) is 20.3 Å². The molecule has 0 bridgehead atoms. The van der Waals surface area contributed by atoms with Gasteiger partial charge >= 0.3 is 0 Å². The highest BCUT2D eigenvalue weighted by Crippen LogP contribution is 2.32. The Morgan fingerprint density at radius 3 is 2.65 bits per heavy atom. The standard InChI is InChI=1S/C22H20FN5OS2/c1-13-4-6-19(17(23)8-13)28(12-29)10-16-5-7-20(24-9-16)27-22-26-18(11-30-22)21-14(2)25-15(3)31-21/h4-9,11-12H,10H2,1-3H3,(H,24,26,27). The highest BCUT2D eigenvalue weighted by molar-refractivity contribution is 7.16. The molecule has 0 spiro atoms. The maximum absolute atomic E-state index is 14.2. The molecule has 4 aromatic rings. The molecule has 6 nitrogen and oxygen atoms in total.